The molecular weight excluding hydrogens is 377 g/mol. The summed E-state index contributed by atoms with van der Waals surface area (Å²) in [6.07, 6.45) is 1.27. The minimum atomic E-state index is -0.505. The van der Waals surface area contributed by atoms with Crippen molar-refractivity contribution in [1.29, 1.82) is 0 Å². The average Bonchev–Trinajstić information content (AvgIpc) is 2.63. The van der Waals surface area contributed by atoms with Crippen molar-refractivity contribution in [1.82, 2.24) is 10.4 Å². The van der Waals surface area contributed by atoms with Gasteiger partial charge in [-0.05, 0) is 29.7 Å². The largest absolute Gasteiger partial charge is 0.482 e. The molecule has 2 aromatic carbocycles. The molecule has 3 rings (SSSR count). The Balaban J connectivity index is 1.61. The van der Waals surface area contributed by atoms with Gasteiger partial charge in [0.05, 0.1) is 16.8 Å². The topological polar surface area (TPSA) is 83.5 Å². The molecule has 1 aromatic heterocycles. The number of amides is 1. The number of hydrazone groups is 1. The van der Waals surface area contributed by atoms with Gasteiger partial charge >= 0.3 is 0 Å². The number of para-hydroxylation sites is 1. The fourth-order valence-electron chi connectivity index (χ4n) is 2.21. The van der Waals surface area contributed by atoms with E-state index in [0.717, 1.165) is 10.9 Å². The van der Waals surface area contributed by atoms with E-state index in [-0.39, 0.29) is 17.2 Å². The number of carbonyl (C=O) groups is 1. The molecule has 0 saturated carbocycles. The smallest absolute Gasteiger partial charge is 0.277 e. The van der Waals surface area contributed by atoms with Crippen molar-refractivity contribution in [2.45, 2.75) is 0 Å². The number of hydrogen-bond acceptors (Lipinski definition) is 4. The molecule has 2 N–H and O–H groups in total. The number of H-pyrrole nitrogens is 1. The van der Waals surface area contributed by atoms with Crippen LogP contribution in [0.15, 0.2) is 58.4 Å². The Hall–Kier alpha value is -2.83. The number of rotatable bonds is 5. The van der Waals surface area contributed by atoms with Crippen molar-refractivity contribution in [3.05, 3.63) is 74.5 Å². The summed E-state index contributed by atoms with van der Waals surface area (Å²) in [6.45, 7) is -0.300. The third-order valence-corrected chi connectivity index (χ3v) is 4.25. The van der Waals surface area contributed by atoms with Crippen LogP contribution in [-0.4, -0.2) is 23.7 Å². The number of benzene rings is 2. The van der Waals surface area contributed by atoms with Gasteiger partial charge in [-0.25, -0.2) is 5.43 Å². The minimum Gasteiger partial charge on any atom is -0.482 e. The van der Waals surface area contributed by atoms with Crippen LogP contribution in [0.3, 0.4) is 0 Å². The van der Waals surface area contributed by atoms with Gasteiger partial charge in [0.1, 0.15) is 10.8 Å². The zero-order valence-corrected chi connectivity index (χ0v) is 14.8. The molecule has 3 aromatic rings. The lowest BCUT2D eigenvalue weighted by molar-refractivity contribution is -0.123. The zero-order chi connectivity index (χ0) is 18.5. The summed E-state index contributed by atoms with van der Waals surface area (Å²) in [5.41, 5.74) is 3.03. The Morgan fingerprint density at radius 3 is 2.85 bits per heavy atom. The van der Waals surface area contributed by atoms with Crippen molar-refractivity contribution < 1.29 is 9.53 Å². The van der Waals surface area contributed by atoms with Gasteiger partial charge in [0, 0.05) is 5.52 Å². The lowest BCUT2D eigenvalue weighted by atomic mass is 10.2. The van der Waals surface area contributed by atoms with Crippen molar-refractivity contribution in [3.63, 3.8) is 0 Å². The van der Waals surface area contributed by atoms with E-state index in [1.807, 2.05) is 18.2 Å². The first kappa shape index (κ1) is 18.0. The molecule has 0 atom stereocenters. The molecule has 26 heavy (non-hydrogen) atoms. The summed E-state index contributed by atoms with van der Waals surface area (Å²) in [6, 6.07) is 13.9. The lowest BCUT2D eigenvalue weighted by Crippen LogP contribution is -2.25. The van der Waals surface area contributed by atoms with Crippen LogP contribution >= 0.6 is 23.2 Å². The number of pyridine rings is 1. The molecule has 1 amide bonds. The van der Waals surface area contributed by atoms with Crippen LogP contribution < -0.4 is 15.7 Å². The summed E-state index contributed by atoms with van der Waals surface area (Å²) >= 11 is 11.8. The number of nitrogens with one attached hydrogen (secondary N) is 2. The van der Waals surface area contributed by atoms with E-state index >= 15 is 0 Å². The van der Waals surface area contributed by atoms with Gasteiger partial charge in [-0.2, -0.15) is 5.10 Å². The molecule has 0 saturated heterocycles. The summed E-state index contributed by atoms with van der Waals surface area (Å²) in [5.74, 6) is -0.209. The highest BCUT2D eigenvalue weighted by Gasteiger charge is 2.08. The van der Waals surface area contributed by atoms with E-state index in [2.05, 4.69) is 15.5 Å². The van der Waals surface area contributed by atoms with E-state index < -0.39 is 5.91 Å². The summed E-state index contributed by atoms with van der Waals surface area (Å²) in [5, 5.41) is 5.20. The summed E-state index contributed by atoms with van der Waals surface area (Å²) in [4.78, 5) is 26.5. The predicted molar refractivity (Wildman–Crippen MR) is 102 cm³/mol. The number of nitrogens with zero attached hydrogens (tertiary/aromatic N) is 1. The second-order valence-electron chi connectivity index (χ2n) is 5.27. The third-order valence-electron chi connectivity index (χ3n) is 3.45. The Morgan fingerprint density at radius 1 is 1.19 bits per heavy atom. The van der Waals surface area contributed by atoms with Crippen LogP contribution in [0.1, 0.15) is 5.56 Å². The minimum absolute atomic E-state index is 0.230. The second kappa shape index (κ2) is 8.03. The van der Waals surface area contributed by atoms with Gasteiger partial charge in [0.15, 0.2) is 6.61 Å². The van der Waals surface area contributed by atoms with Crippen molar-refractivity contribution >= 4 is 46.2 Å². The Morgan fingerprint density at radius 2 is 2.00 bits per heavy atom. The normalized spacial score (nSPS) is 11.0. The highest BCUT2D eigenvalue weighted by atomic mass is 35.5. The molecule has 132 valence electrons. The van der Waals surface area contributed by atoms with E-state index in [4.69, 9.17) is 27.9 Å². The third kappa shape index (κ3) is 4.22. The van der Waals surface area contributed by atoms with E-state index in [1.54, 1.807) is 30.3 Å². The van der Waals surface area contributed by atoms with Crippen LogP contribution in [-0.2, 0) is 4.79 Å². The number of hydrogen-bond donors (Lipinski definition) is 2. The van der Waals surface area contributed by atoms with Crippen LogP contribution in [0.4, 0.5) is 0 Å². The highest BCUT2D eigenvalue weighted by molar-refractivity contribution is 6.42. The Kier molecular flexibility index (Phi) is 5.55. The molecule has 1 heterocycles. The van der Waals surface area contributed by atoms with E-state index in [9.17, 15) is 9.59 Å². The first-order valence-electron chi connectivity index (χ1n) is 7.55. The second-order valence-corrected chi connectivity index (χ2v) is 6.06. The monoisotopic (exact) mass is 389 g/mol. The number of aromatic nitrogens is 1. The first-order valence-corrected chi connectivity index (χ1v) is 8.31. The predicted octanol–water partition coefficient (Wildman–Crippen LogP) is 3.36. The van der Waals surface area contributed by atoms with Gasteiger partial charge in [0.25, 0.3) is 11.5 Å². The fourth-order valence-corrected chi connectivity index (χ4v) is 2.55. The van der Waals surface area contributed by atoms with E-state index in [0.29, 0.717) is 16.3 Å². The maximum atomic E-state index is 12.0. The molecule has 0 bridgehead atoms. The molecule has 0 fully saturated rings. The summed E-state index contributed by atoms with van der Waals surface area (Å²) < 4.78 is 5.29. The Labute approximate surface area is 158 Å². The molecule has 0 radical (unpaired) electrons. The molecule has 0 aliphatic heterocycles. The lowest BCUT2D eigenvalue weighted by Gasteiger charge is -2.07. The maximum absolute atomic E-state index is 12.0. The molecular formula is C18H13Cl2N3O3. The molecule has 8 heteroatoms. The fraction of sp³-hybridized carbons (Fsp3) is 0.0556. The summed E-state index contributed by atoms with van der Waals surface area (Å²) in [7, 11) is 0. The molecule has 0 aliphatic rings. The standard InChI is InChI=1S/C18H13Cl2N3O3/c19-13-5-3-7-15(17(13)20)26-10-16(24)23-21-9-12-8-11-4-1-2-6-14(11)22-18(12)25/h1-9H,10H2,(H,22,25)(H,23,24)/b21-9-. The van der Waals surface area contributed by atoms with Crippen LogP contribution in [0, 0.1) is 0 Å². The van der Waals surface area contributed by atoms with Crippen molar-refractivity contribution in [2.75, 3.05) is 6.61 Å². The number of fused-ring (bicyclic) bond motifs is 1. The van der Waals surface area contributed by atoms with Crippen LogP contribution in [0.2, 0.25) is 10.0 Å². The number of ether oxygens (including phenoxy) is 1. The molecule has 0 spiro atoms. The van der Waals surface area contributed by atoms with E-state index in [1.165, 1.54) is 6.21 Å². The molecule has 0 unspecified atom stereocenters. The van der Waals surface area contributed by atoms with Gasteiger partial charge in [-0.1, -0.05) is 47.5 Å². The van der Waals surface area contributed by atoms with Crippen molar-refractivity contribution in [3.8, 4) is 5.75 Å². The van der Waals surface area contributed by atoms with Gasteiger partial charge in [-0.3, -0.25) is 9.59 Å². The number of halogens is 2. The molecule has 0 aliphatic carbocycles. The number of aromatic amines is 1. The Bertz CT molecular complexity index is 1050. The highest BCUT2D eigenvalue weighted by Crippen LogP contribution is 2.31. The zero-order valence-electron chi connectivity index (χ0n) is 13.3. The number of carbonyl (C=O) groups excluding carboxylic acids is 1. The SMILES string of the molecule is O=C(COc1cccc(Cl)c1Cl)N/N=C\c1cc2ccccc2[nH]c1=O. The quantitative estimate of drug-likeness (QED) is 0.518. The van der Waals surface area contributed by atoms with Gasteiger partial charge in [-0.15, -0.1) is 0 Å². The maximum Gasteiger partial charge on any atom is 0.277 e. The van der Waals surface area contributed by atoms with Crippen LogP contribution in [0.25, 0.3) is 10.9 Å². The van der Waals surface area contributed by atoms with Crippen molar-refractivity contribution in [2.24, 2.45) is 5.10 Å². The first-order chi connectivity index (χ1) is 12.5. The van der Waals surface area contributed by atoms with Gasteiger partial charge < -0.3 is 9.72 Å². The average molecular weight is 390 g/mol. The molecule has 6 nitrogen and oxygen atoms in total. The van der Waals surface area contributed by atoms with Gasteiger partial charge in [0.2, 0.25) is 0 Å². The van der Waals surface area contributed by atoms with Crippen LogP contribution in [0.5, 0.6) is 5.75 Å².